The number of aryl methyl sites for hydroxylation is 1. The molecule has 6 nitrogen and oxygen atoms in total. The molecule has 0 bridgehead atoms. The van der Waals surface area contributed by atoms with Gasteiger partial charge in [-0.3, -0.25) is 4.79 Å². The molecule has 1 aromatic carbocycles. The molecule has 0 unspecified atom stereocenters. The average Bonchev–Trinajstić information content (AvgIpc) is 3.11. The van der Waals surface area contributed by atoms with Crippen LogP contribution in [0.15, 0.2) is 42.7 Å². The third-order valence-corrected chi connectivity index (χ3v) is 5.28. The van der Waals surface area contributed by atoms with Crippen LogP contribution in [0.25, 0.3) is 5.65 Å². The van der Waals surface area contributed by atoms with E-state index < -0.39 is 0 Å². The summed E-state index contributed by atoms with van der Waals surface area (Å²) >= 11 is 0. The topological polar surface area (TPSA) is 71.3 Å². The van der Waals surface area contributed by atoms with Crippen molar-refractivity contribution in [2.75, 3.05) is 5.32 Å². The van der Waals surface area contributed by atoms with Gasteiger partial charge in [0.2, 0.25) is 0 Å². The maximum Gasteiger partial charge on any atom is 0.256 e. The molecule has 4 rings (SSSR count). The molecule has 140 valence electrons. The van der Waals surface area contributed by atoms with E-state index in [0.717, 1.165) is 18.7 Å². The first-order valence-electron chi connectivity index (χ1n) is 9.64. The van der Waals surface area contributed by atoms with Crippen molar-refractivity contribution in [1.29, 1.82) is 0 Å². The first kappa shape index (κ1) is 17.5. The number of carbonyl (C=O) groups excluding carboxylic acids is 1. The van der Waals surface area contributed by atoms with Crippen molar-refractivity contribution in [3.63, 3.8) is 0 Å². The van der Waals surface area contributed by atoms with E-state index in [9.17, 15) is 4.79 Å². The van der Waals surface area contributed by atoms with Crippen molar-refractivity contribution in [3.8, 4) is 0 Å². The average molecular weight is 363 g/mol. The van der Waals surface area contributed by atoms with Crippen LogP contribution in [0.2, 0.25) is 0 Å². The van der Waals surface area contributed by atoms with E-state index >= 15 is 0 Å². The SMILES string of the molecule is Cc1ccccc1CNc1ccn2ncc(C(=O)NC3CCCCC3)c2n1. The molecule has 1 fully saturated rings. The highest BCUT2D eigenvalue weighted by atomic mass is 16.1. The summed E-state index contributed by atoms with van der Waals surface area (Å²) in [6, 6.07) is 10.4. The molecule has 1 aliphatic rings. The van der Waals surface area contributed by atoms with E-state index in [2.05, 4.69) is 39.8 Å². The van der Waals surface area contributed by atoms with E-state index in [1.807, 2.05) is 24.4 Å². The molecule has 0 radical (unpaired) electrons. The number of fused-ring (bicyclic) bond motifs is 1. The number of amides is 1. The molecule has 27 heavy (non-hydrogen) atoms. The molecule has 0 spiro atoms. The molecular weight excluding hydrogens is 338 g/mol. The van der Waals surface area contributed by atoms with Crippen LogP contribution in [0.3, 0.4) is 0 Å². The summed E-state index contributed by atoms with van der Waals surface area (Å²) in [6.07, 6.45) is 9.19. The normalized spacial score (nSPS) is 15.0. The van der Waals surface area contributed by atoms with E-state index in [4.69, 9.17) is 0 Å². The molecule has 1 aliphatic carbocycles. The van der Waals surface area contributed by atoms with Gasteiger partial charge in [0.1, 0.15) is 11.4 Å². The van der Waals surface area contributed by atoms with Gasteiger partial charge in [-0.15, -0.1) is 0 Å². The summed E-state index contributed by atoms with van der Waals surface area (Å²) in [5, 5.41) is 10.8. The third-order valence-electron chi connectivity index (χ3n) is 5.28. The highest BCUT2D eigenvalue weighted by Gasteiger charge is 2.20. The second-order valence-corrected chi connectivity index (χ2v) is 7.23. The van der Waals surface area contributed by atoms with Gasteiger partial charge in [-0.05, 0) is 37.0 Å². The van der Waals surface area contributed by atoms with Crippen molar-refractivity contribution < 1.29 is 4.79 Å². The van der Waals surface area contributed by atoms with E-state index in [-0.39, 0.29) is 11.9 Å². The number of hydrogen-bond donors (Lipinski definition) is 2. The molecule has 3 aromatic rings. The number of nitrogens with one attached hydrogen (secondary N) is 2. The number of hydrogen-bond acceptors (Lipinski definition) is 4. The Labute approximate surface area is 159 Å². The zero-order valence-corrected chi connectivity index (χ0v) is 15.6. The molecule has 2 heterocycles. The molecular formula is C21H25N5O. The van der Waals surface area contributed by atoms with Gasteiger partial charge in [-0.1, -0.05) is 43.5 Å². The lowest BCUT2D eigenvalue weighted by Crippen LogP contribution is -2.36. The van der Waals surface area contributed by atoms with Crippen molar-refractivity contribution >= 4 is 17.4 Å². The lowest BCUT2D eigenvalue weighted by atomic mass is 9.95. The summed E-state index contributed by atoms with van der Waals surface area (Å²) in [4.78, 5) is 17.3. The Morgan fingerprint density at radius 2 is 2.00 bits per heavy atom. The summed E-state index contributed by atoms with van der Waals surface area (Å²) in [7, 11) is 0. The van der Waals surface area contributed by atoms with Gasteiger partial charge in [0.25, 0.3) is 5.91 Å². The van der Waals surface area contributed by atoms with Crippen LogP contribution in [0.1, 0.15) is 53.6 Å². The molecule has 6 heteroatoms. The Morgan fingerprint density at radius 1 is 1.19 bits per heavy atom. The molecule has 2 N–H and O–H groups in total. The minimum atomic E-state index is -0.0829. The van der Waals surface area contributed by atoms with Crippen molar-refractivity contribution in [3.05, 3.63) is 59.4 Å². The lowest BCUT2D eigenvalue weighted by molar-refractivity contribution is 0.0929. The third kappa shape index (κ3) is 3.94. The predicted molar refractivity (Wildman–Crippen MR) is 106 cm³/mol. The number of anilines is 1. The fraction of sp³-hybridized carbons (Fsp3) is 0.381. The van der Waals surface area contributed by atoms with Gasteiger partial charge in [-0.25, -0.2) is 9.50 Å². The maximum atomic E-state index is 12.7. The van der Waals surface area contributed by atoms with Crippen molar-refractivity contribution in [2.24, 2.45) is 0 Å². The van der Waals surface area contributed by atoms with Crippen molar-refractivity contribution in [2.45, 2.75) is 51.6 Å². The van der Waals surface area contributed by atoms with Crippen LogP contribution in [0.5, 0.6) is 0 Å². The second-order valence-electron chi connectivity index (χ2n) is 7.23. The summed E-state index contributed by atoms with van der Waals surface area (Å²) in [6.45, 7) is 2.78. The van der Waals surface area contributed by atoms with Gasteiger partial charge in [0.05, 0.1) is 6.20 Å². The molecule has 0 saturated heterocycles. The first-order chi connectivity index (χ1) is 13.2. The number of carbonyl (C=O) groups is 1. The zero-order valence-electron chi connectivity index (χ0n) is 15.6. The number of benzene rings is 1. The van der Waals surface area contributed by atoms with Gasteiger partial charge in [-0.2, -0.15) is 5.10 Å². The second kappa shape index (κ2) is 7.78. The lowest BCUT2D eigenvalue weighted by Gasteiger charge is -2.22. The van der Waals surface area contributed by atoms with Gasteiger partial charge >= 0.3 is 0 Å². The van der Waals surface area contributed by atoms with Crippen LogP contribution in [-0.2, 0) is 6.54 Å². The minimum absolute atomic E-state index is 0.0829. The molecule has 0 atom stereocenters. The van der Waals surface area contributed by atoms with Crippen molar-refractivity contribution in [1.82, 2.24) is 19.9 Å². The Bertz CT molecular complexity index is 943. The van der Waals surface area contributed by atoms with Gasteiger partial charge < -0.3 is 10.6 Å². The molecule has 0 aliphatic heterocycles. The first-order valence-corrected chi connectivity index (χ1v) is 9.64. The van der Waals surface area contributed by atoms with Crippen LogP contribution < -0.4 is 10.6 Å². The van der Waals surface area contributed by atoms with E-state index in [0.29, 0.717) is 17.8 Å². The smallest absolute Gasteiger partial charge is 0.256 e. The van der Waals surface area contributed by atoms with Gasteiger partial charge in [0, 0.05) is 18.8 Å². The van der Waals surface area contributed by atoms with Crippen LogP contribution >= 0.6 is 0 Å². The summed E-state index contributed by atoms with van der Waals surface area (Å²) in [5.74, 6) is 0.651. The summed E-state index contributed by atoms with van der Waals surface area (Å²) in [5.41, 5.74) is 3.57. The monoisotopic (exact) mass is 363 g/mol. The Hall–Kier alpha value is -2.89. The molecule has 2 aromatic heterocycles. The highest BCUT2D eigenvalue weighted by Crippen LogP contribution is 2.19. The zero-order chi connectivity index (χ0) is 18.6. The van der Waals surface area contributed by atoms with E-state index in [1.165, 1.54) is 30.4 Å². The standard InChI is InChI=1S/C21H25N5O/c1-15-7-5-6-8-16(15)13-22-19-11-12-26-20(25-19)18(14-23-26)21(27)24-17-9-3-2-4-10-17/h5-8,11-12,14,17H,2-4,9-10,13H2,1H3,(H,22,25)(H,24,27). The number of rotatable bonds is 5. The van der Waals surface area contributed by atoms with Crippen LogP contribution in [0.4, 0.5) is 5.82 Å². The van der Waals surface area contributed by atoms with E-state index in [1.54, 1.807) is 10.7 Å². The maximum absolute atomic E-state index is 12.7. The predicted octanol–water partition coefficient (Wildman–Crippen LogP) is 3.71. The minimum Gasteiger partial charge on any atom is -0.366 e. The fourth-order valence-corrected chi connectivity index (χ4v) is 3.63. The summed E-state index contributed by atoms with van der Waals surface area (Å²) < 4.78 is 1.65. The highest BCUT2D eigenvalue weighted by molar-refractivity contribution is 5.99. The molecule has 1 saturated carbocycles. The molecule has 1 amide bonds. The Kier molecular flexibility index (Phi) is 5.05. The fourth-order valence-electron chi connectivity index (χ4n) is 3.63. The number of nitrogens with zero attached hydrogens (tertiary/aromatic N) is 3. The van der Waals surface area contributed by atoms with Crippen LogP contribution in [-0.4, -0.2) is 26.5 Å². The largest absolute Gasteiger partial charge is 0.366 e. The number of aromatic nitrogens is 3. The Morgan fingerprint density at radius 3 is 2.81 bits per heavy atom. The quantitative estimate of drug-likeness (QED) is 0.725. The van der Waals surface area contributed by atoms with Gasteiger partial charge in [0.15, 0.2) is 5.65 Å². The van der Waals surface area contributed by atoms with Crippen LogP contribution in [0, 0.1) is 6.92 Å². The Balaban J connectivity index is 1.50.